The van der Waals surface area contributed by atoms with E-state index < -0.39 is 29.0 Å². The quantitative estimate of drug-likeness (QED) is 0.0761. The number of hydrogen-bond donors (Lipinski definition) is 0. The summed E-state index contributed by atoms with van der Waals surface area (Å²) in [5, 5.41) is 1.94. The maximum absolute atomic E-state index is 14.7. The van der Waals surface area contributed by atoms with Gasteiger partial charge < -0.3 is 0 Å². The van der Waals surface area contributed by atoms with Crippen molar-refractivity contribution in [2.75, 3.05) is 0 Å². The van der Waals surface area contributed by atoms with Crippen molar-refractivity contribution in [3.05, 3.63) is 88.5 Å². The first-order valence-electron chi connectivity index (χ1n) is 11.3. The van der Waals surface area contributed by atoms with Gasteiger partial charge in [0.2, 0.25) is 0 Å². The first-order valence-corrected chi connectivity index (χ1v) is 11.7. The fourth-order valence-electron chi connectivity index (χ4n) is 3.51. The molecule has 0 aliphatic rings. The molecule has 3 aromatic rings. The third-order valence-corrected chi connectivity index (χ3v) is 5.39. The second-order valence-electron chi connectivity index (χ2n) is 7.92. The number of thiocarbonyl (C=S) groups is 1. The number of benzene rings is 3. The lowest BCUT2D eigenvalue weighted by molar-refractivity contribution is 0.587. The summed E-state index contributed by atoms with van der Waals surface area (Å²) < 4.78 is 57.3. The van der Waals surface area contributed by atoms with Crippen molar-refractivity contribution in [2.24, 2.45) is 4.99 Å². The third-order valence-electron chi connectivity index (χ3n) is 5.29. The van der Waals surface area contributed by atoms with E-state index in [2.05, 4.69) is 36.0 Å². The smallest absolute Gasteiger partial charge is 0.153 e. The summed E-state index contributed by atoms with van der Waals surface area (Å²) in [5.41, 5.74) is 1.02. The molecule has 0 spiro atoms. The Kier molecular flexibility index (Phi) is 9.55. The van der Waals surface area contributed by atoms with Crippen LogP contribution in [-0.4, -0.2) is 5.16 Å². The molecule has 0 aromatic heterocycles. The minimum absolute atomic E-state index is 0.132. The molecule has 3 rings (SSSR count). The van der Waals surface area contributed by atoms with Crippen LogP contribution in [0.2, 0.25) is 0 Å². The molecule has 0 atom stereocenters. The zero-order chi connectivity index (χ0) is 25.2. The molecule has 0 amide bonds. The van der Waals surface area contributed by atoms with Gasteiger partial charge in [0.25, 0.3) is 0 Å². The van der Waals surface area contributed by atoms with Gasteiger partial charge in [0.05, 0.1) is 10.7 Å². The lowest BCUT2D eigenvalue weighted by Gasteiger charge is -2.07. The first-order chi connectivity index (χ1) is 16.9. The highest BCUT2D eigenvalue weighted by atomic mass is 32.1. The molecule has 0 fully saturated rings. The van der Waals surface area contributed by atoms with Gasteiger partial charge in [0.15, 0.2) is 11.6 Å². The molecule has 0 bridgehead atoms. The Hall–Kier alpha value is -3.52. The summed E-state index contributed by atoms with van der Waals surface area (Å²) in [4.78, 5) is 3.37. The summed E-state index contributed by atoms with van der Waals surface area (Å²) in [5.74, 6) is 2.73. The molecule has 0 saturated heterocycles. The van der Waals surface area contributed by atoms with Crippen molar-refractivity contribution in [1.82, 2.24) is 0 Å². The molecular weight excluding hydrogens is 470 g/mol. The fourth-order valence-corrected chi connectivity index (χ4v) is 3.60. The van der Waals surface area contributed by atoms with E-state index in [-0.39, 0.29) is 11.1 Å². The summed E-state index contributed by atoms with van der Waals surface area (Å²) in [6.45, 7) is 2.13. The number of rotatable bonds is 8. The molecule has 1 nitrogen and oxygen atoms in total. The Balaban J connectivity index is 1.74. The Morgan fingerprint density at radius 3 is 2.03 bits per heavy atom. The average molecular weight is 494 g/mol. The molecule has 6 heteroatoms. The van der Waals surface area contributed by atoms with E-state index in [0.717, 1.165) is 37.8 Å². The van der Waals surface area contributed by atoms with Crippen LogP contribution in [0.1, 0.15) is 55.7 Å². The van der Waals surface area contributed by atoms with E-state index in [9.17, 15) is 17.6 Å². The van der Waals surface area contributed by atoms with Crippen LogP contribution in [0, 0.1) is 35.1 Å². The summed E-state index contributed by atoms with van der Waals surface area (Å²) in [6.07, 6.45) is 8.22. The van der Waals surface area contributed by atoms with Gasteiger partial charge in [0, 0.05) is 12.0 Å². The van der Waals surface area contributed by atoms with Crippen LogP contribution in [-0.2, 0) is 0 Å². The highest BCUT2D eigenvalue weighted by Gasteiger charge is 2.13. The number of halogens is 4. The van der Waals surface area contributed by atoms with Gasteiger partial charge in [0.1, 0.15) is 17.3 Å². The zero-order valence-electron chi connectivity index (χ0n) is 19.2. The minimum Gasteiger partial charge on any atom is -0.206 e. The molecule has 0 saturated carbocycles. The Bertz CT molecular complexity index is 1280. The largest absolute Gasteiger partial charge is 0.206 e. The lowest BCUT2D eigenvalue weighted by atomic mass is 10.0. The highest BCUT2D eigenvalue weighted by molar-refractivity contribution is 7.78. The minimum atomic E-state index is -0.854. The second kappa shape index (κ2) is 12.8. The molecule has 3 aromatic carbocycles. The highest BCUT2D eigenvalue weighted by Crippen LogP contribution is 2.28. The molecule has 178 valence electrons. The van der Waals surface area contributed by atoms with E-state index in [0.29, 0.717) is 23.1 Å². The van der Waals surface area contributed by atoms with Gasteiger partial charge in [-0.25, -0.2) is 17.6 Å². The molecule has 0 aliphatic carbocycles. The van der Waals surface area contributed by atoms with Crippen LogP contribution < -0.4 is 0 Å². The van der Waals surface area contributed by atoms with Crippen LogP contribution in [0.15, 0.2) is 53.5 Å². The number of unbranched alkanes of at least 4 members (excludes halogenated alkanes) is 4. The van der Waals surface area contributed by atoms with Gasteiger partial charge in [-0.05, 0) is 59.6 Å². The second-order valence-corrected chi connectivity index (χ2v) is 8.10. The van der Waals surface area contributed by atoms with Gasteiger partial charge in [-0.1, -0.05) is 74.4 Å². The summed E-state index contributed by atoms with van der Waals surface area (Å²) in [6, 6.07) is 11.2. The van der Waals surface area contributed by atoms with Crippen LogP contribution >= 0.6 is 12.2 Å². The van der Waals surface area contributed by atoms with Crippen molar-refractivity contribution in [3.8, 4) is 23.0 Å². The molecule has 35 heavy (non-hydrogen) atoms. The maximum atomic E-state index is 14.7. The number of aliphatic imine (C=N–C) groups is 1. The van der Waals surface area contributed by atoms with Gasteiger partial charge >= 0.3 is 0 Å². The van der Waals surface area contributed by atoms with Crippen molar-refractivity contribution >= 4 is 35.2 Å². The van der Waals surface area contributed by atoms with Crippen LogP contribution in [0.4, 0.5) is 23.2 Å². The number of nitrogens with zero attached hydrogens (tertiary/aromatic N) is 1. The Labute approximate surface area is 208 Å². The zero-order valence-corrected chi connectivity index (χ0v) is 20.0. The monoisotopic (exact) mass is 493 g/mol. The SMILES string of the molecule is CCCCCCC#Cc1cc(F)c(-c2ccc(/C=C/c3cc(F)c(N=C=S)c(F)c3)cc2)c(F)c1. The number of hydrogen-bond acceptors (Lipinski definition) is 2. The molecule has 0 heterocycles. The molecule has 0 unspecified atom stereocenters. The van der Waals surface area contributed by atoms with E-state index in [4.69, 9.17) is 0 Å². The van der Waals surface area contributed by atoms with Crippen molar-refractivity contribution in [3.63, 3.8) is 0 Å². The first kappa shape index (κ1) is 26.1. The maximum Gasteiger partial charge on any atom is 0.153 e. The van der Waals surface area contributed by atoms with Crippen LogP contribution in [0.5, 0.6) is 0 Å². The predicted molar refractivity (Wildman–Crippen MR) is 137 cm³/mol. The topological polar surface area (TPSA) is 12.4 Å². The summed E-state index contributed by atoms with van der Waals surface area (Å²) >= 11 is 4.39. The normalized spacial score (nSPS) is 10.7. The predicted octanol–water partition coefficient (Wildman–Crippen LogP) is 9.14. The molecule has 0 radical (unpaired) electrons. The average Bonchev–Trinajstić information content (AvgIpc) is 2.82. The van der Waals surface area contributed by atoms with Crippen LogP contribution in [0.25, 0.3) is 23.3 Å². The lowest BCUT2D eigenvalue weighted by Crippen LogP contribution is -1.92. The van der Waals surface area contributed by atoms with E-state index in [1.807, 2.05) is 5.16 Å². The Morgan fingerprint density at radius 2 is 1.43 bits per heavy atom. The molecular formula is C29H23F4NS. The van der Waals surface area contributed by atoms with Crippen molar-refractivity contribution in [1.29, 1.82) is 0 Å². The van der Waals surface area contributed by atoms with E-state index >= 15 is 0 Å². The van der Waals surface area contributed by atoms with Gasteiger partial charge in [-0.15, -0.1) is 0 Å². The van der Waals surface area contributed by atoms with Gasteiger partial charge in [-0.2, -0.15) is 4.99 Å². The van der Waals surface area contributed by atoms with Crippen molar-refractivity contribution < 1.29 is 17.6 Å². The molecule has 0 N–H and O–H groups in total. The van der Waals surface area contributed by atoms with Gasteiger partial charge in [-0.3, -0.25) is 0 Å². The standard InChI is InChI=1S/C29H23F4NS/c1-2-3-4-5-6-7-8-21-15-24(30)28(25(31)16-21)23-13-11-20(12-14-23)9-10-22-17-26(32)29(34-19-35)27(33)18-22/h9-18H,2-6H2,1H3/b10-9+. The van der Waals surface area contributed by atoms with Crippen molar-refractivity contribution in [2.45, 2.75) is 39.0 Å². The molecule has 0 aliphatic heterocycles. The number of isothiocyanates is 1. The Morgan fingerprint density at radius 1 is 0.800 bits per heavy atom. The van der Waals surface area contributed by atoms with Crippen LogP contribution in [0.3, 0.4) is 0 Å². The van der Waals surface area contributed by atoms with E-state index in [1.165, 1.54) is 18.2 Å². The summed E-state index contributed by atoms with van der Waals surface area (Å²) in [7, 11) is 0. The fraction of sp³-hybridized carbons (Fsp3) is 0.207. The van der Waals surface area contributed by atoms with E-state index in [1.54, 1.807) is 30.3 Å². The third kappa shape index (κ3) is 7.23.